The highest BCUT2D eigenvalue weighted by Crippen LogP contribution is 2.23. The van der Waals surface area contributed by atoms with Crippen molar-refractivity contribution in [1.29, 1.82) is 0 Å². The molecule has 2 aromatic rings. The molecule has 1 amide bonds. The lowest BCUT2D eigenvalue weighted by Gasteiger charge is -2.14. The van der Waals surface area contributed by atoms with Crippen LogP contribution in [0.1, 0.15) is 17.3 Å². The minimum absolute atomic E-state index is 0.0716. The van der Waals surface area contributed by atoms with Crippen LogP contribution in [0.2, 0.25) is 0 Å². The maximum absolute atomic E-state index is 12.4. The summed E-state index contributed by atoms with van der Waals surface area (Å²) in [6.07, 6.45) is 0. The van der Waals surface area contributed by atoms with Gasteiger partial charge in [-0.1, -0.05) is 19.1 Å². The quantitative estimate of drug-likeness (QED) is 0.683. The average molecular weight is 349 g/mol. The van der Waals surface area contributed by atoms with E-state index >= 15 is 0 Å². The smallest absolute Gasteiger partial charge is 0.387 e. The molecule has 0 aromatic heterocycles. The molecule has 0 aliphatic rings. The van der Waals surface area contributed by atoms with Crippen LogP contribution in [0.5, 0.6) is 5.75 Å². The number of nitrogens with two attached hydrogens (primary N) is 1. The Labute approximate surface area is 145 Å². The molecular formula is C18H21F2N3O2. The number of hydrogen-bond donors (Lipinski definition) is 3. The van der Waals surface area contributed by atoms with Gasteiger partial charge >= 0.3 is 6.61 Å². The third-order valence-corrected chi connectivity index (χ3v) is 3.54. The molecule has 0 saturated heterocycles. The Morgan fingerprint density at radius 2 is 1.84 bits per heavy atom. The topological polar surface area (TPSA) is 76.4 Å². The van der Waals surface area contributed by atoms with E-state index in [9.17, 15) is 13.6 Å². The molecule has 25 heavy (non-hydrogen) atoms. The number of amides is 1. The zero-order valence-corrected chi connectivity index (χ0v) is 13.8. The summed E-state index contributed by atoms with van der Waals surface area (Å²) in [6.45, 7) is 0.0726. The second-order valence-electron chi connectivity index (χ2n) is 5.62. The van der Waals surface area contributed by atoms with E-state index in [4.69, 9.17) is 5.73 Å². The Morgan fingerprint density at radius 1 is 1.16 bits per heavy atom. The van der Waals surface area contributed by atoms with E-state index in [2.05, 4.69) is 15.4 Å². The van der Waals surface area contributed by atoms with E-state index in [1.807, 2.05) is 6.92 Å². The number of rotatable bonds is 8. The van der Waals surface area contributed by atoms with Crippen LogP contribution in [0.3, 0.4) is 0 Å². The molecule has 0 spiro atoms. The first-order valence-electron chi connectivity index (χ1n) is 7.88. The van der Waals surface area contributed by atoms with Crippen LogP contribution >= 0.6 is 0 Å². The van der Waals surface area contributed by atoms with Crippen LogP contribution in [0, 0.1) is 5.92 Å². The summed E-state index contributed by atoms with van der Waals surface area (Å²) in [4.78, 5) is 12.4. The Morgan fingerprint density at radius 3 is 2.48 bits per heavy atom. The monoisotopic (exact) mass is 349 g/mol. The van der Waals surface area contributed by atoms with Crippen LogP contribution in [0.4, 0.5) is 20.2 Å². The second kappa shape index (κ2) is 8.98. The van der Waals surface area contributed by atoms with E-state index in [0.29, 0.717) is 30.0 Å². The van der Waals surface area contributed by atoms with Crippen molar-refractivity contribution in [2.45, 2.75) is 13.5 Å². The molecule has 2 rings (SSSR count). The zero-order chi connectivity index (χ0) is 18.2. The van der Waals surface area contributed by atoms with Crippen molar-refractivity contribution in [2.75, 3.05) is 18.4 Å². The first-order chi connectivity index (χ1) is 12.0. The fourth-order valence-electron chi connectivity index (χ4n) is 2.11. The number of anilines is 2. The highest BCUT2D eigenvalue weighted by atomic mass is 19.3. The third-order valence-electron chi connectivity index (χ3n) is 3.54. The number of nitrogens with one attached hydrogen (secondary N) is 2. The van der Waals surface area contributed by atoms with Crippen LogP contribution in [0.25, 0.3) is 0 Å². The summed E-state index contributed by atoms with van der Waals surface area (Å²) >= 11 is 0. The molecule has 1 unspecified atom stereocenters. The molecule has 134 valence electrons. The molecular weight excluding hydrogens is 328 g/mol. The molecule has 0 heterocycles. The van der Waals surface area contributed by atoms with Gasteiger partial charge in [0.15, 0.2) is 0 Å². The Balaban J connectivity index is 2.08. The van der Waals surface area contributed by atoms with Crippen molar-refractivity contribution in [3.63, 3.8) is 0 Å². The van der Waals surface area contributed by atoms with Gasteiger partial charge in [-0.2, -0.15) is 8.78 Å². The standard InChI is InChI=1S/C18H21F2N3O2/c1-12(10-21)11-22-17(24)15-4-2-3-5-16(15)23-13-6-8-14(9-7-13)25-18(19)20/h2-9,12,18,23H,10-11,21H2,1H3,(H,22,24). The fourth-order valence-corrected chi connectivity index (χ4v) is 2.11. The van der Waals surface area contributed by atoms with Crippen LogP contribution in [-0.2, 0) is 0 Å². The van der Waals surface area contributed by atoms with Gasteiger partial charge in [-0.25, -0.2) is 0 Å². The molecule has 5 nitrogen and oxygen atoms in total. The molecule has 0 radical (unpaired) electrons. The number of carbonyl (C=O) groups excluding carboxylic acids is 1. The SMILES string of the molecule is CC(CN)CNC(=O)c1ccccc1Nc1ccc(OC(F)F)cc1. The molecule has 0 bridgehead atoms. The lowest BCUT2D eigenvalue weighted by Crippen LogP contribution is -2.31. The van der Waals surface area contributed by atoms with Crippen molar-refractivity contribution in [1.82, 2.24) is 5.32 Å². The molecule has 4 N–H and O–H groups in total. The zero-order valence-electron chi connectivity index (χ0n) is 13.8. The van der Waals surface area contributed by atoms with E-state index in [0.717, 1.165) is 0 Å². The average Bonchev–Trinajstić information content (AvgIpc) is 2.61. The largest absolute Gasteiger partial charge is 0.435 e. The van der Waals surface area contributed by atoms with Gasteiger partial charge in [0.25, 0.3) is 5.91 Å². The summed E-state index contributed by atoms with van der Waals surface area (Å²) < 4.78 is 28.7. The predicted octanol–water partition coefficient (Wildman–Crippen LogP) is 3.36. The molecule has 0 saturated carbocycles. The first kappa shape index (κ1) is 18.7. The van der Waals surface area contributed by atoms with Crippen molar-refractivity contribution in [3.05, 3.63) is 54.1 Å². The molecule has 7 heteroatoms. The summed E-state index contributed by atoms with van der Waals surface area (Å²) in [5.41, 5.74) is 7.30. The Kier molecular flexibility index (Phi) is 6.71. The van der Waals surface area contributed by atoms with Crippen molar-refractivity contribution >= 4 is 17.3 Å². The number of alkyl halides is 2. The van der Waals surface area contributed by atoms with E-state index in [-0.39, 0.29) is 17.6 Å². The maximum atomic E-state index is 12.4. The minimum Gasteiger partial charge on any atom is -0.435 e. The lowest BCUT2D eigenvalue weighted by atomic mass is 10.1. The number of benzene rings is 2. The first-order valence-corrected chi connectivity index (χ1v) is 7.88. The minimum atomic E-state index is -2.86. The number of ether oxygens (including phenoxy) is 1. The van der Waals surface area contributed by atoms with Crippen LogP contribution in [-0.4, -0.2) is 25.6 Å². The van der Waals surface area contributed by atoms with Gasteiger partial charge in [0, 0.05) is 12.2 Å². The van der Waals surface area contributed by atoms with Gasteiger partial charge in [-0.3, -0.25) is 4.79 Å². The van der Waals surface area contributed by atoms with Gasteiger partial charge in [0.05, 0.1) is 11.3 Å². The summed E-state index contributed by atoms with van der Waals surface area (Å²) in [5.74, 6) is 0.0508. The number of carbonyl (C=O) groups is 1. The molecule has 2 aromatic carbocycles. The molecule has 1 atom stereocenters. The van der Waals surface area contributed by atoms with Crippen molar-refractivity contribution < 1.29 is 18.3 Å². The fraction of sp³-hybridized carbons (Fsp3) is 0.278. The molecule has 0 aliphatic heterocycles. The van der Waals surface area contributed by atoms with Crippen molar-refractivity contribution in [3.8, 4) is 5.75 Å². The van der Waals surface area contributed by atoms with Gasteiger partial charge in [0.1, 0.15) is 5.75 Å². The maximum Gasteiger partial charge on any atom is 0.387 e. The Hall–Kier alpha value is -2.67. The van der Waals surface area contributed by atoms with Gasteiger partial charge in [0.2, 0.25) is 0 Å². The summed E-state index contributed by atoms with van der Waals surface area (Å²) in [5, 5.41) is 5.95. The predicted molar refractivity (Wildman–Crippen MR) is 93.4 cm³/mol. The van der Waals surface area contributed by atoms with E-state index in [1.165, 1.54) is 12.1 Å². The van der Waals surface area contributed by atoms with E-state index in [1.54, 1.807) is 36.4 Å². The van der Waals surface area contributed by atoms with Crippen molar-refractivity contribution in [2.24, 2.45) is 11.7 Å². The van der Waals surface area contributed by atoms with Crippen LogP contribution < -0.4 is 21.1 Å². The third kappa shape index (κ3) is 5.72. The van der Waals surface area contributed by atoms with Crippen LogP contribution in [0.15, 0.2) is 48.5 Å². The van der Waals surface area contributed by atoms with Gasteiger partial charge < -0.3 is 21.1 Å². The second-order valence-corrected chi connectivity index (χ2v) is 5.62. The van der Waals surface area contributed by atoms with Gasteiger partial charge in [-0.15, -0.1) is 0 Å². The van der Waals surface area contributed by atoms with E-state index < -0.39 is 6.61 Å². The number of hydrogen-bond acceptors (Lipinski definition) is 4. The lowest BCUT2D eigenvalue weighted by molar-refractivity contribution is -0.0498. The molecule has 0 aliphatic carbocycles. The molecule has 0 fully saturated rings. The highest BCUT2D eigenvalue weighted by molar-refractivity contribution is 6.00. The summed E-state index contributed by atoms with van der Waals surface area (Å²) in [6, 6.07) is 13.1. The number of para-hydroxylation sites is 1. The normalized spacial score (nSPS) is 11.9. The Bertz CT molecular complexity index is 693. The number of halogens is 2. The highest BCUT2D eigenvalue weighted by Gasteiger charge is 2.12. The summed E-state index contributed by atoms with van der Waals surface area (Å²) in [7, 11) is 0. The van der Waals surface area contributed by atoms with Gasteiger partial charge in [-0.05, 0) is 48.9 Å².